The first-order valence-electron chi connectivity index (χ1n) is 8.11. The van der Waals surface area contributed by atoms with E-state index >= 15 is 0 Å². The molecule has 2 rings (SSSR count). The van der Waals surface area contributed by atoms with Crippen LogP contribution in [0.2, 0.25) is 10.0 Å². The molecular formula is C19H22BrCl2NO2. The Labute approximate surface area is 167 Å². The molecule has 0 aliphatic rings. The summed E-state index contributed by atoms with van der Waals surface area (Å²) in [4.78, 5) is 0. The molecule has 0 amide bonds. The summed E-state index contributed by atoms with van der Waals surface area (Å²) in [6, 6.07) is 9.84. The number of hydrogen-bond donors (Lipinski definition) is 1. The Kier molecular flexibility index (Phi) is 7.88. The molecule has 0 spiro atoms. The zero-order chi connectivity index (χ0) is 18.4. The fraction of sp³-hybridized carbons (Fsp3) is 0.368. The number of halogens is 3. The maximum absolute atomic E-state index is 6.05. The van der Waals surface area contributed by atoms with Gasteiger partial charge in [0.15, 0.2) is 11.5 Å². The van der Waals surface area contributed by atoms with Gasteiger partial charge in [-0.15, -0.1) is 0 Å². The zero-order valence-corrected chi connectivity index (χ0v) is 17.6. The van der Waals surface area contributed by atoms with Crippen molar-refractivity contribution in [1.82, 2.24) is 5.32 Å². The first-order valence-corrected chi connectivity index (χ1v) is 9.66. The van der Waals surface area contributed by atoms with Gasteiger partial charge in [-0.05, 0) is 48.7 Å². The number of nitrogens with one attached hydrogen (secondary N) is 1. The van der Waals surface area contributed by atoms with Crippen molar-refractivity contribution in [2.45, 2.75) is 39.5 Å². The largest absolute Gasteiger partial charge is 0.493 e. The summed E-state index contributed by atoms with van der Waals surface area (Å²) < 4.78 is 12.4. The number of ether oxygens (including phenoxy) is 2. The van der Waals surface area contributed by atoms with E-state index in [4.69, 9.17) is 32.7 Å². The SMILES string of the molecule is CCC(C)NCc1cc(OC)c(OCc2ccc(Cl)c(Cl)c2)cc1Br. The average Bonchev–Trinajstić information content (AvgIpc) is 2.61. The fourth-order valence-corrected chi connectivity index (χ4v) is 2.99. The molecule has 1 N–H and O–H groups in total. The normalized spacial score (nSPS) is 12.1. The smallest absolute Gasteiger partial charge is 0.162 e. The van der Waals surface area contributed by atoms with Crippen molar-refractivity contribution in [3.8, 4) is 11.5 Å². The molecule has 0 aliphatic heterocycles. The van der Waals surface area contributed by atoms with E-state index in [1.807, 2.05) is 18.2 Å². The van der Waals surface area contributed by atoms with Gasteiger partial charge in [0.2, 0.25) is 0 Å². The van der Waals surface area contributed by atoms with Crippen LogP contribution < -0.4 is 14.8 Å². The van der Waals surface area contributed by atoms with Crippen molar-refractivity contribution >= 4 is 39.1 Å². The molecule has 1 atom stereocenters. The highest BCUT2D eigenvalue weighted by molar-refractivity contribution is 9.10. The Morgan fingerprint density at radius 2 is 1.88 bits per heavy atom. The standard InChI is InChI=1S/C19H22BrCl2NO2/c1-4-12(2)23-10-14-8-18(24-3)19(9-15(14)20)25-11-13-5-6-16(21)17(22)7-13/h5-9,12,23H,4,10-11H2,1-3H3. The number of methoxy groups -OCH3 is 1. The van der Waals surface area contributed by atoms with E-state index in [0.29, 0.717) is 34.2 Å². The summed E-state index contributed by atoms with van der Waals surface area (Å²) in [7, 11) is 1.64. The summed E-state index contributed by atoms with van der Waals surface area (Å²) in [5.74, 6) is 1.37. The number of hydrogen-bond acceptors (Lipinski definition) is 3. The van der Waals surface area contributed by atoms with E-state index in [-0.39, 0.29) is 0 Å². The minimum absolute atomic E-state index is 0.379. The van der Waals surface area contributed by atoms with Crippen LogP contribution in [0.4, 0.5) is 0 Å². The molecule has 2 aromatic rings. The lowest BCUT2D eigenvalue weighted by atomic mass is 10.1. The minimum Gasteiger partial charge on any atom is -0.493 e. The van der Waals surface area contributed by atoms with Crippen molar-refractivity contribution in [2.75, 3.05) is 7.11 Å². The van der Waals surface area contributed by atoms with E-state index < -0.39 is 0 Å². The molecule has 0 saturated carbocycles. The average molecular weight is 447 g/mol. The van der Waals surface area contributed by atoms with Crippen LogP contribution in [0.1, 0.15) is 31.4 Å². The van der Waals surface area contributed by atoms with Gasteiger partial charge in [-0.1, -0.05) is 52.1 Å². The van der Waals surface area contributed by atoms with E-state index in [0.717, 1.165) is 28.6 Å². The molecule has 3 nitrogen and oxygen atoms in total. The monoisotopic (exact) mass is 445 g/mol. The molecular weight excluding hydrogens is 425 g/mol. The van der Waals surface area contributed by atoms with Gasteiger partial charge in [0.25, 0.3) is 0 Å². The van der Waals surface area contributed by atoms with E-state index in [1.165, 1.54) is 0 Å². The predicted octanol–water partition coefficient (Wildman–Crippen LogP) is 6.23. The molecule has 1 unspecified atom stereocenters. The topological polar surface area (TPSA) is 30.5 Å². The molecule has 0 aromatic heterocycles. The van der Waals surface area contributed by atoms with Crippen LogP contribution in [0, 0.1) is 0 Å². The molecule has 0 radical (unpaired) electrons. The molecule has 2 aromatic carbocycles. The second-order valence-corrected chi connectivity index (χ2v) is 7.49. The van der Waals surface area contributed by atoms with Crippen molar-refractivity contribution < 1.29 is 9.47 Å². The summed E-state index contributed by atoms with van der Waals surface area (Å²) in [5.41, 5.74) is 2.06. The summed E-state index contributed by atoms with van der Waals surface area (Å²) in [6.45, 7) is 5.47. The van der Waals surface area contributed by atoms with Crippen LogP contribution in [0.15, 0.2) is 34.8 Å². The molecule has 0 aliphatic carbocycles. The Balaban J connectivity index is 2.11. The Morgan fingerprint density at radius 1 is 1.12 bits per heavy atom. The molecule has 0 bridgehead atoms. The minimum atomic E-state index is 0.379. The molecule has 25 heavy (non-hydrogen) atoms. The van der Waals surface area contributed by atoms with Gasteiger partial charge >= 0.3 is 0 Å². The van der Waals surface area contributed by atoms with Gasteiger partial charge < -0.3 is 14.8 Å². The highest BCUT2D eigenvalue weighted by Crippen LogP contribution is 2.34. The third-order valence-electron chi connectivity index (χ3n) is 3.96. The van der Waals surface area contributed by atoms with Crippen molar-refractivity contribution in [3.63, 3.8) is 0 Å². The van der Waals surface area contributed by atoms with Crippen LogP contribution >= 0.6 is 39.1 Å². The van der Waals surface area contributed by atoms with Gasteiger partial charge in [-0.2, -0.15) is 0 Å². The summed E-state index contributed by atoms with van der Waals surface area (Å²) in [6.07, 6.45) is 1.08. The predicted molar refractivity (Wildman–Crippen MR) is 108 cm³/mol. The lowest BCUT2D eigenvalue weighted by Crippen LogP contribution is -2.24. The lowest BCUT2D eigenvalue weighted by molar-refractivity contribution is 0.284. The van der Waals surface area contributed by atoms with E-state index in [1.54, 1.807) is 19.2 Å². The maximum Gasteiger partial charge on any atom is 0.162 e. The zero-order valence-electron chi connectivity index (χ0n) is 14.5. The molecule has 6 heteroatoms. The number of rotatable bonds is 8. The van der Waals surface area contributed by atoms with Crippen LogP contribution in [-0.4, -0.2) is 13.2 Å². The molecule has 0 heterocycles. The molecule has 0 fully saturated rings. The summed E-state index contributed by atoms with van der Waals surface area (Å²) in [5, 5.41) is 4.52. The third-order valence-corrected chi connectivity index (χ3v) is 5.44. The highest BCUT2D eigenvalue weighted by atomic mass is 79.9. The molecule has 0 saturated heterocycles. The van der Waals surface area contributed by atoms with Crippen LogP contribution in [0.5, 0.6) is 11.5 Å². The van der Waals surface area contributed by atoms with E-state index in [9.17, 15) is 0 Å². The van der Waals surface area contributed by atoms with Crippen molar-refractivity contribution in [2.24, 2.45) is 0 Å². The van der Waals surface area contributed by atoms with Crippen molar-refractivity contribution in [3.05, 3.63) is 56.0 Å². The highest BCUT2D eigenvalue weighted by Gasteiger charge is 2.12. The summed E-state index contributed by atoms with van der Waals surface area (Å²) >= 11 is 15.6. The quantitative estimate of drug-likeness (QED) is 0.521. The first-order chi connectivity index (χ1) is 11.9. The Morgan fingerprint density at radius 3 is 2.52 bits per heavy atom. The van der Waals surface area contributed by atoms with Crippen LogP contribution in [0.3, 0.4) is 0 Å². The second kappa shape index (κ2) is 9.67. The Bertz CT molecular complexity index is 725. The fourth-order valence-electron chi connectivity index (χ4n) is 2.20. The third kappa shape index (κ3) is 5.78. The van der Waals surface area contributed by atoms with Gasteiger partial charge in [0.05, 0.1) is 17.2 Å². The lowest BCUT2D eigenvalue weighted by Gasteiger charge is -2.16. The van der Waals surface area contributed by atoms with Crippen LogP contribution in [-0.2, 0) is 13.2 Å². The molecule has 136 valence electrons. The second-order valence-electron chi connectivity index (χ2n) is 5.82. The van der Waals surface area contributed by atoms with Gasteiger partial charge in [0, 0.05) is 17.1 Å². The van der Waals surface area contributed by atoms with Gasteiger partial charge in [-0.25, -0.2) is 0 Å². The Hall–Kier alpha value is -0.940. The van der Waals surface area contributed by atoms with Crippen LogP contribution in [0.25, 0.3) is 0 Å². The van der Waals surface area contributed by atoms with Gasteiger partial charge in [-0.3, -0.25) is 0 Å². The first kappa shape index (κ1) is 20.4. The van der Waals surface area contributed by atoms with E-state index in [2.05, 4.69) is 35.1 Å². The van der Waals surface area contributed by atoms with Crippen molar-refractivity contribution in [1.29, 1.82) is 0 Å². The number of benzene rings is 2. The van der Waals surface area contributed by atoms with Gasteiger partial charge in [0.1, 0.15) is 6.61 Å². The maximum atomic E-state index is 6.05.